The number of anilines is 1. The van der Waals surface area contributed by atoms with Crippen LogP contribution in [0.15, 0.2) is 18.2 Å². The minimum atomic E-state index is -1.10. The van der Waals surface area contributed by atoms with Gasteiger partial charge in [0.2, 0.25) is 13.3 Å². The van der Waals surface area contributed by atoms with Gasteiger partial charge in [0.1, 0.15) is 5.78 Å². The zero-order valence-corrected chi connectivity index (χ0v) is 16.1. The fourth-order valence-corrected chi connectivity index (χ4v) is 3.70. The van der Waals surface area contributed by atoms with E-state index in [4.69, 9.17) is 14.2 Å². The molecule has 0 radical (unpaired) electrons. The van der Waals surface area contributed by atoms with Gasteiger partial charge in [-0.3, -0.25) is 24.5 Å². The molecule has 4 atom stereocenters. The Morgan fingerprint density at radius 3 is 2.79 bits per heavy atom. The molecule has 1 saturated carbocycles. The molecule has 0 unspecified atom stereocenters. The molecule has 156 valence electrons. The molecule has 0 saturated heterocycles. The van der Waals surface area contributed by atoms with E-state index in [1.54, 1.807) is 25.1 Å². The zero-order chi connectivity index (χ0) is 21.1. The number of nitrogens with zero attached hydrogens (tertiary/aromatic N) is 1. The lowest BCUT2D eigenvalue weighted by atomic mass is 9.88. The molecule has 10 heteroatoms. The second-order valence-electron chi connectivity index (χ2n) is 7.33. The lowest BCUT2D eigenvalue weighted by Crippen LogP contribution is -2.32. The fourth-order valence-electron chi connectivity index (χ4n) is 3.70. The first-order chi connectivity index (χ1) is 13.7. The second kappa shape index (κ2) is 8.46. The van der Waals surface area contributed by atoms with Gasteiger partial charge in [-0.25, -0.2) is 0 Å². The average molecular weight is 406 g/mol. The Kier molecular flexibility index (Phi) is 6.00. The molecule has 0 aromatic heterocycles. The van der Waals surface area contributed by atoms with Crippen molar-refractivity contribution in [2.75, 3.05) is 18.7 Å². The predicted molar refractivity (Wildman–Crippen MR) is 99.0 cm³/mol. The minimum absolute atomic E-state index is 0.108. The lowest BCUT2D eigenvalue weighted by molar-refractivity contribution is -0.490. The Hall–Kier alpha value is -3.17. The van der Waals surface area contributed by atoms with Gasteiger partial charge < -0.3 is 19.5 Å². The van der Waals surface area contributed by atoms with Crippen molar-refractivity contribution in [3.63, 3.8) is 0 Å². The molecule has 10 nitrogen and oxygen atoms in total. The van der Waals surface area contributed by atoms with Crippen molar-refractivity contribution >= 4 is 23.3 Å². The number of Topliss-reactive ketones (excluding diaryl/α,β-unsaturated/α-hetero) is 1. The van der Waals surface area contributed by atoms with E-state index in [1.807, 2.05) is 0 Å². The smallest absolute Gasteiger partial charge is 0.307 e. The quantitative estimate of drug-likeness (QED) is 0.411. The number of nitro groups is 1. The number of hydrogen-bond acceptors (Lipinski definition) is 8. The van der Waals surface area contributed by atoms with Crippen LogP contribution in [0.3, 0.4) is 0 Å². The first-order valence-electron chi connectivity index (χ1n) is 9.29. The van der Waals surface area contributed by atoms with Crippen LogP contribution < -0.4 is 14.8 Å². The third kappa shape index (κ3) is 4.82. The maximum atomic E-state index is 12.3. The van der Waals surface area contributed by atoms with Gasteiger partial charge in [-0.1, -0.05) is 6.92 Å². The van der Waals surface area contributed by atoms with Gasteiger partial charge in [-0.05, 0) is 25.0 Å². The van der Waals surface area contributed by atoms with E-state index >= 15 is 0 Å². The molecular formula is C19H22N2O8. The summed E-state index contributed by atoms with van der Waals surface area (Å²) in [6, 6.07) is 4.87. The molecule has 1 aromatic carbocycles. The Balaban J connectivity index is 1.54. The summed E-state index contributed by atoms with van der Waals surface area (Å²) in [5.74, 6) is -1.84. The van der Waals surface area contributed by atoms with Crippen LogP contribution in [0, 0.1) is 27.9 Å². The highest BCUT2D eigenvalue weighted by molar-refractivity contribution is 5.95. The number of amides is 1. The van der Waals surface area contributed by atoms with Gasteiger partial charge in [0, 0.05) is 34.9 Å². The Labute approximate surface area is 166 Å². The van der Waals surface area contributed by atoms with E-state index in [0.717, 1.165) is 0 Å². The van der Waals surface area contributed by atoms with Gasteiger partial charge in [0.25, 0.3) is 5.91 Å². The van der Waals surface area contributed by atoms with E-state index in [9.17, 15) is 24.5 Å². The number of hydrogen-bond donors (Lipinski definition) is 1. The van der Waals surface area contributed by atoms with Crippen LogP contribution in [-0.4, -0.2) is 42.0 Å². The molecule has 1 heterocycles. The number of fused-ring (bicyclic) bond motifs is 1. The summed E-state index contributed by atoms with van der Waals surface area (Å²) < 4.78 is 15.6. The van der Waals surface area contributed by atoms with Crippen LogP contribution >= 0.6 is 0 Å². The Bertz CT molecular complexity index is 839. The SMILES string of the molecule is C[C@H](OC(=O)C[C@H]1C(=O)C[C@H](C)[C@H]1C[N+](=O)[O-])C(=O)Nc1ccc2c(c1)OCO2. The molecule has 1 aliphatic heterocycles. The van der Waals surface area contributed by atoms with Crippen molar-refractivity contribution in [2.24, 2.45) is 17.8 Å². The third-order valence-electron chi connectivity index (χ3n) is 5.25. The molecule has 1 fully saturated rings. The van der Waals surface area contributed by atoms with Crippen molar-refractivity contribution < 1.29 is 33.5 Å². The molecule has 0 bridgehead atoms. The van der Waals surface area contributed by atoms with E-state index in [-0.39, 0.29) is 37.9 Å². The molecule has 0 spiro atoms. The van der Waals surface area contributed by atoms with Crippen LogP contribution in [0.2, 0.25) is 0 Å². The van der Waals surface area contributed by atoms with Crippen molar-refractivity contribution in [1.82, 2.24) is 0 Å². The number of ketones is 1. The first-order valence-corrected chi connectivity index (χ1v) is 9.29. The van der Waals surface area contributed by atoms with Gasteiger partial charge in [-0.15, -0.1) is 0 Å². The predicted octanol–water partition coefficient (Wildman–Crippen LogP) is 1.79. The van der Waals surface area contributed by atoms with E-state index in [2.05, 4.69) is 5.32 Å². The summed E-state index contributed by atoms with van der Waals surface area (Å²) in [6.07, 6.45) is -1.17. The summed E-state index contributed by atoms with van der Waals surface area (Å²) in [5.41, 5.74) is 0.452. The van der Waals surface area contributed by atoms with Crippen molar-refractivity contribution in [1.29, 1.82) is 0 Å². The van der Waals surface area contributed by atoms with E-state index in [1.165, 1.54) is 6.92 Å². The highest BCUT2D eigenvalue weighted by Crippen LogP contribution is 2.37. The van der Waals surface area contributed by atoms with Gasteiger partial charge in [-0.2, -0.15) is 0 Å². The molecular weight excluding hydrogens is 384 g/mol. The zero-order valence-electron chi connectivity index (χ0n) is 16.1. The second-order valence-corrected chi connectivity index (χ2v) is 7.33. The van der Waals surface area contributed by atoms with Gasteiger partial charge in [0.15, 0.2) is 17.6 Å². The third-order valence-corrected chi connectivity index (χ3v) is 5.25. The van der Waals surface area contributed by atoms with Crippen LogP contribution in [0.4, 0.5) is 5.69 Å². The number of carbonyl (C=O) groups is 3. The molecule has 29 heavy (non-hydrogen) atoms. The topological polar surface area (TPSA) is 134 Å². The van der Waals surface area contributed by atoms with Crippen LogP contribution in [0.25, 0.3) is 0 Å². The maximum Gasteiger partial charge on any atom is 0.307 e. The highest BCUT2D eigenvalue weighted by atomic mass is 16.7. The van der Waals surface area contributed by atoms with Gasteiger partial charge in [0.05, 0.1) is 6.42 Å². The number of rotatable bonds is 7. The van der Waals surface area contributed by atoms with E-state index in [0.29, 0.717) is 17.2 Å². The van der Waals surface area contributed by atoms with Crippen molar-refractivity contribution in [2.45, 2.75) is 32.8 Å². The summed E-state index contributed by atoms with van der Waals surface area (Å²) in [6.45, 7) is 2.91. The van der Waals surface area contributed by atoms with Gasteiger partial charge >= 0.3 is 5.97 Å². The average Bonchev–Trinajstić information content (AvgIpc) is 3.20. The molecule has 1 aromatic rings. The van der Waals surface area contributed by atoms with Crippen molar-refractivity contribution in [3.05, 3.63) is 28.3 Å². The summed E-state index contributed by atoms with van der Waals surface area (Å²) in [7, 11) is 0. The number of carbonyl (C=O) groups excluding carboxylic acids is 3. The molecule has 2 aliphatic rings. The summed E-state index contributed by atoms with van der Waals surface area (Å²) in [5, 5.41) is 13.5. The van der Waals surface area contributed by atoms with Crippen LogP contribution in [-0.2, 0) is 19.1 Å². The number of ether oxygens (including phenoxy) is 3. The van der Waals surface area contributed by atoms with Crippen molar-refractivity contribution in [3.8, 4) is 11.5 Å². The highest BCUT2D eigenvalue weighted by Gasteiger charge is 2.44. The standard InChI is InChI=1S/C19H22N2O8/c1-10-5-15(22)13(14(10)8-21(25)26)7-18(23)29-11(2)19(24)20-12-3-4-16-17(6-12)28-9-27-16/h3-4,6,10-11,13-14H,5,7-9H2,1-2H3,(H,20,24)/t10-,11-,13+,14+/m0/s1. The summed E-state index contributed by atoms with van der Waals surface area (Å²) >= 11 is 0. The number of esters is 1. The minimum Gasteiger partial charge on any atom is -0.454 e. The summed E-state index contributed by atoms with van der Waals surface area (Å²) in [4.78, 5) is 47.1. The van der Waals surface area contributed by atoms with E-state index < -0.39 is 34.7 Å². The fraction of sp³-hybridized carbons (Fsp3) is 0.526. The number of nitrogens with one attached hydrogen (secondary N) is 1. The monoisotopic (exact) mass is 406 g/mol. The molecule has 1 N–H and O–H groups in total. The lowest BCUT2D eigenvalue weighted by Gasteiger charge is -2.18. The molecule has 1 amide bonds. The number of benzene rings is 1. The first kappa shape index (κ1) is 20.6. The Morgan fingerprint density at radius 2 is 2.07 bits per heavy atom. The van der Waals surface area contributed by atoms with Crippen LogP contribution in [0.1, 0.15) is 26.7 Å². The largest absolute Gasteiger partial charge is 0.454 e. The normalized spacial score (nSPS) is 23.5. The molecule has 3 rings (SSSR count). The Morgan fingerprint density at radius 1 is 1.34 bits per heavy atom. The van der Waals surface area contributed by atoms with Crippen LogP contribution in [0.5, 0.6) is 11.5 Å². The maximum absolute atomic E-state index is 12.3. The molecule has 1 aliphatic carbocycles.